The van der Waals surface area contributed by atoms with Crippen LogP contribution in [0.15, 0.2) is 11.6 Å². The molecule has 110 valence electrons. The van der Waals surface area contributed by atoms with Crippen LogP contribution in [0.2, 0.25) is 0 Å². The molecule has 4 heteroatoms. The van der Waals surface area contributed by atoms with Gasteiger partial charge in [0.25, 0.3) is 0 Å². The van der Waals surface area contributed by atoms with Crippen molar-refractivity contribution in [2.75, 3.05) is 40.3 Å². The van der Waals surface area contributed by atoms with Crippen molar-refractivity contribution in [3.63, 3.8) is 0 Å². The van der Waals surface area contributed by atoms with E-state index in [2.05, 4.69) is 21.6 Å². The predicted octanol–water partition coefficient (Wildman–Crippen LogP) is 1.53. The molecule has 0 heterocycles. The van der Waals surface area contributed by atoms with Crippen molar-refractivity contribution >= 4 is 5.91 Å². The van der Waals surface area contributed by atoms with Crippen LogP contribution in [-0.2, 0) is 4.79 Å². The fourth-order valence-corrected chi connectivity index (χ4v) is 2.40. The lowest BCUT2D eigenvalue weighted by Crippen LogP contribution is -2.36. The lowest BCUT2D eigenvalue weighted by atomic mass is 9.97. The van der Waals surface area contributed by atoms with Crippen molar-refractivity contribution in [2.24, 2.45) is 0 Å². The molecule has 2 N–H and O–H groups in total. The van der Waals surface area contributed by atoms with Gasteiger partial charge in [0.05, 0.1) is 6.54 Å². The number of hydrogen-bond donors (Lipinski definition) is 2. The topological polar surface area (TPSA) is 44.4 Å². The third kappa shape index (κ3) is 8.01. The number of carbonyl (C=O) groups is 1. The molecule has 1 amide bonds. The van der Waals surface area contributed by atoms with E-state index in [9.17, 15) is 4.79 Å². The second-order valence-electron chi connectivity index (χ2n) is 5.40. The Bertz CT molecular complexity index is 289. The molecular formula is C15H29N3O. The third-order valence-electron chi connectivity index (χ3n) is 3.53. The van der Waals surface area contributed by atoms with E-state index in [-0.39, 0.29) is 5.91 Å². The molecular weight excluding hydrogens is 238 g/mol. The zero-order chi connectivity index (χ0) is 13.9. The number of likely N-dealkylation sites (N-methyl/N-ethyl adjacent to an activating group) is 1. The standard InChI is InChI=1S/C15H29N3O/c1-16-10-6-12-18(2)13-15(19)17-11-9-14-7-4-3-5-8-14/h7,16H,3-6,8-13H2,1-2H3,(H,17,19). The van der Waals surface area contributed by atoms with Crippen LogP contribution in [0, 0.1) is 0 Å². The van der Waals surface area contributed by atoms with Gasteiger partial charge in [-0.05, 0) is 65.7 Å². The van der Waals surface area contributed by atoms with Crippen LogP contribution < -0.4 is 10.6 Å². The molecule has 0 aromatic rings. The SMILES string of the molecule is CNCCCN(C)CC(=O)NCCC1=CCCCC1. The molecule has 0 bridgehead atoms. The molecule has 0 saturated carbocycles. The third-order valence-corrected chi connectivity index (χ3v) is 3.53. The van der Waals surface area contributed by atoms with Crippen LogP contribution in [0.25, 0.3) is 0 Å². The number of allylic oxidation sites excluding steroid dienone is 1. The Hall–Kier alpha value is -0.870. The number of nitrogens with one attached hydrogen (secondary N) is 2. The summed E-state index contributed by atoms with van der Waals surface area (Å²) in [6.07, 6.45) is 9.53. The van der Waals surface area contributed by atoms with Crippen LogP contribution in [0.1, 0.15) is 38.5 Å². The maximum absolute atomic E-state index is 11.7. The van der Waals surface area contributed by atoms with Crippen LogP contribution >= 0.6 is 0 Å². The zero-order valence-corrected chi connectivity index (χ0v) is 12.5. The van der Waals surface area contributed by atoms with E-state index in [1.165, 1.54) is 31.3 Å². The molecule has 0 aromatic heterocycles. The predicted molar refractivity (Wildman–Crippen MR) is 80.2 cm³/mol. The van der Waals surface area contributed by atoms with Crippen molar-refractivity contribution in [1.82, 2.24) is 15.5 Å². The molecule has 0 spiro atoms. The molecule has 0 saturated heterocycles. The summed E-state index contributed by atoms with van der Waals surface area (Å²) < 4.78 is 0. The van der Waals surface area contributed by atoms with Gasteiger partial charge in [-0.1, -0.05) is 11.6 Å². The van der Waals surface area contributed by atoms with E-state index < -0.39 is 0 Å². The first-order valence-electron chi connectivity index (χ1n) is 7.50. The van der Waals surface area contributed by atoms with Crippen LogP contribution in [-0.4, -0.2) is 51.1 Å². The Morgan fingerprint density at radius 3 is 2.89 bits per heavy atom. The van der Waals surface area contributed by atoms with Gasteiger partial charge in [0.1, 0.15) is 0 Å². The van der Waals surface area contributed by atoms with Gasteiger partial charge in [-0.25, -0.2) is 0 Å². The van der Waals surface area contributed by atoms with E-state index in [4.69, 9.17) is 0 Å². The van der Waals surface area contributed by atoms with Crippen molar-refractivity contribution in [3.8, 4) is 0 Å². The van der Waals surface area contributed by atoms with Gasteiger partial charge in [-0.3, -0.25) is 9.69 Å². The second-order valence-corrected chi connectivity index (χ2v) is 5.40. The van der Waals surface area contributed by atoms with E-state index in [0.717, 1.165) is 32.5 Å². The quantitative estimate of drug-likeness (QED) is 0.492. The minimum Gasteiger partial charge on any atom is -0.355 e. The van der Waals surface area contributed by atoms with Crippen molar-refractivity contribution in [2.45, 2.75) is 38.5 Å². The molecule has 1 aliphatic carbocycles. The Morgan fingerprint density at radius 1 is 1.37 bits per heavy atom. The molecule has 0 atom stereocenters. The smallest absolute Gasteiger partial charge is 0.234 e. The highest BCUT2D eigenvalue weighted by atomic mass is 16.2. The van der Waals surface area contributed by atoms with E-state index in [1.807, 2.05) is 14.1 Å². The van der Waals surface area contributed by atoms with Crippen LogP contribution in [0.3, 0.4) is 0 Å². The molecule has 4 nitrogen and oxygen atoms in total. The first-order chi connectivity index (χ1) is 9.22. The summed E-state index contributed by atoms with van der Waals surface area (Å²) in [5.41, 5.74) is 1.52. The minimum absolute atomic E-state index is 0.142. The number of rotatable bonds is 9. The van der Waals surface area contributed by atoms with Gasteiger partial charge in [0.15, 0.2) is 0 Å². The fraction of sp³-hybridized carbons (Fsp3) is 0.800. The van der Waals surface area contributed by atoms with E-state index in [0.29, 0.717) is 6.54 Å². The van der Waals surface area contributed by atoms with E-state index >= 15 is 0 Å². The first-order valence-corrected chi connectivity index (χ1v) is 7.50. The average molecular weight is 267 g/mol. The van der Waals surface area contributed by atoms with Gasteiger partial charge >= 0.3 is 0 Å². The summed E-state index contributed by atoms with van der Waals surface area (Å²) in [6.45, 7) is 3.25. The molecule has 0 aliphatic heterocycles. The first kappa shape index (κ1) is 16.2. The Balaban J connectivity index is 2.05. The molecule has 19 heavy (non-hydrogen) atoms. The number of nitrogens with zero attached hydrogens (tertiary/aromatic N) is 1. The molecule has 0 unspecified atom stereocenters. The number of carbonyl (C=O) groups excluding carboxylic acids is 1. The maximum atomic E-state index is 11.7. The fourth-order valence-electron chi connectivity index (χ4n) is 2.40. The highest BCUT2D eigenvalue weighted by molar-refractivity contribution is 5.77. The molecule has 1 aliphatic rings. The number of amides is 1. The lowest BCUT2D eigenvalue weighted by Gasteiger charge is -2.17. The highest BCUT2D eigenvalue weighted by Crippen LogP contribution is 2.19. The summed E-state index contributed by atoms with van der Waals surface area (Å²) >= 11 is 0. The summed E-state index contributed by atoms with van der Waals surface area (Å²) in [5, 5.41) is 6.13. The number of hydrogen-bond acceptors (Lipinski definition) is 3. The summed E-state index contributed by atoms with van der Waals surface area (Å²) in [7, 11) is 3.95. The molecule has 0 aromatic carbocycles. The molecule has 0 radical (unpaired) electrons. The van der Waals surface area contributed by atoms with Gasteiger partial charge in [-0.15, -0.1) is 0 Å². The normalized spacial score (nSPS) is 15.4. The maximum Gasteiger partial charge on any atom is 0.234 e. The van der Waals surface area contributed by atoms with E-state index in [1.54, 1.807) is 0 Å². The summed E-state index contributed by atoms with van der Waals surface area (Å²) in [6, 6.07) is 0. The largest absolute Gasteiger partial charge is 0.355 e. The molecule has 0 fully saturated rings. The average Bonchev–Trinajstić information content (AvgIpc) is 2.40. The van der Waals surface area contributed by atoms with Crippen LogP contribution in [0.5, 0.6) is 0 Å². The lowest BCUT2D eigenvalue weighted by molar-refractivity contribution is -0.121. The van der Waals surface area contributed by atoms with Gasteiger partial charge in [0.2, 0.25) is 5.91 Å². The van der Waals surface area contributed by atoms with Gasteiger partial charge in [0, 0.05) is 6.54 Å². The Morgan fingerprint density at radius 2 is 2.21 bits per heavy atom. The summed E-state index contributed by atoms with van der Waals surface area (Å²) in [5.74, 6) is 0.142. The highest BCUT2D eigenvalue weighted by Gasteiger charge is 2.07. The minimum atomic E-state index is 0.142. The van der Waals surface area contributed by atoms with Crippen LogP contribution in [0.4, 0.5) is 0 Å². The van der Waals surface area contributed by atoms with Gasteiger partial charge < -0.3 is 10.6 Å². The second kappa shape index (κ2) is 9.98. The Labute approximate surface area is 117 Å². The van der Waals surface area contributed by atoms with Crippen molar-refractivity contribution < 1.29 is 4.79 Å². The zero-order valence-electron chi connectivity index (χ0n) is 12.5. The monoisotopic (exact) mass is 267 g/mol. The van der Waals surface area contributed by atoms with Crippen molar-refractivity contribution in [3.05, 3.63) is 11.6 Å². The van der Waals surface area contributed by atoms with Crippen molar-refractivity contribution in [1.29, 1.82) is 0 Å². The molecule has 1 rings (SSSR count). The summed E-state index contributed by atoms with van der Waals surface area (Å²) in [4.78, 5) is 13.8. The van der Waals surface area contributed by atoms with Gasteiger partial charge in [-0.2, -0.15) is 0 Å². The Kier molecular flexibility index (Phi) is 8.50.